The molecule has 1 aromatic rings. The molecule has 3 nitrogen and oxygen atoms in total. The van der Waals surface area contributed by atoms with Crippen molar-refractivity contribution in [2.75, 3.05) is 18.0 Å². The van der Waals surface area contributed by atoms with Crippen molar-refractivity contribution in [1.82, 2.24) is 0 Å². The maximum Gasteiger partial charge on any atom is 0.328 e. The fourth-order valence-corrected chi connectivity index (χ4v) is 2.38. The van der Waals surface area contributed by atoms with E-state index in [1.165, 1.54) is 18.2 Å². The summed E-state index contributed by atoms with van der Waals surface area (Å²) in [6.45, 7) is 6.20. The summed E-state index contributed by atoms with van der Waals surface area (Å²) in [5.74, 6) is -0.202. The molecule has 1 aliphatic rings. The second kappa shape index (κ2) is 5.43. The molecular formula is C15H18FNO2. The van der Waals surface area contributed by atoms with E-state index in [1.54, 1.807) is 0 Å². The molecule has 0 saturated carbocycles. The summed E-state index contributed by atoms with van der Waals surface area (Å²) in [6, 6.07) is 4.67. The highest BCUT2D eigenvalue weighted by atomic mass is 19.1. The molecule has 1 N–H and O–H groups in total. The molecule has 2 unspecified atom stereocenters. The maximum absolute atomic E-state index is 13.6. The first-order valence-corrected chi connectivity index (χ1v) is 6.42. The van der Waals surface area contributed by atoms with Crippen molar-refractivity contribution >= 4 is 17.7 Å². The SMILES string of the molecule is CC1CN(c2cc(F)cc(/C=C/C(=O)O)c2)CC1C. The Morgan fingerprint density at radius 3 is 2.53 bits per heavy atom. The molecule has 1 aliphatic heterocycles. The molecule has 0 radical (unpaired) electrons. The zero-order valence-electron chi connectivity index (χ0n) is 11.1. The van der Waals surface area contributed by atoms with Crippen LogP contribution in [0, 0.1) is 17.7 Å². The molecule has 0 bridgehead atoms. The number of rotatable bonds is 3. The van der Waals surface area contributed by atoms with Gasteiger partial charge in [-0.1, -0.05) is 13.8 Å². The van der Waals surface area contributed by atoms with Crippen molar-refractivity contribution in [2.24, 2.45) is 11.8 Å². The van der Waals surface area contributed by atoms with Gasteiger partial charge < -0.3 is 10.0 Å². The van der Waals surface area contributed by atoms with Gasteiger partial charge in [0.25, 0.3) is 0 Å². The topological polar surface area (TPSA) is 40.5 Å². The predicted molar refractivity (Wildman–Crippen MR) is 73.6 cm³/mol. The molecule has 1 aromatic carbocycles. The van der Waals surface area contributed by atoms with Crippen LogP contribution in [0.1, 0.15) is 19.4 Å². The minimum Gasteiger partial charge on any atom is -0.478 e. The van der Waals surface area contributed by atoms with Crippen molar-refractivity contribution < 1.29 is 14.3 Å². The molecule has 1 heterocycles. The molecule has 2 atom stereocenters. The number of halogens is 1. The zero-order chi connectivity index (χ0) is 14.0. The van der Waals surface area contributed by atoms with E-state index in [9.17, 15) is 9.18 Å². The Hall–Kier alpha value is -1.84. The number of benzene rings is 1. The Kier molecular flexibility index (Phi) is 3.88. The van der Waals surface area contributed by atoms with Crippen LogP contribution in [0.15, 0.2) is 24.3 Å². The van der Waals surface area contributed by atoms with Crippen LogP contribution in [-0.2, 0) is 4.79 Å². The van der Waals surface area contributed by atoms with Crippen molar-refractivity contribution in [1.29, 1.82) is 0 Å². The Balaban J connectivity index is 2.24. The quantitative estimate of drug-likeness (QED) is 0.852. The van der Waals surface area contributed by atoms with Crippen molar-refractivity contribution in [3.05, 3.63) is 35.7 Å². The van der Waals surface area contributed by atoms with Crippen LogP contribution >= 0.6 is 0 Å². The van der Waals surface area contributed by atoms with Gasteiger partial charge in [0.1, 0.15) is 5.82 Å². The molecule has 0 spiro atoms. The van der Waals surface area contributed by atoms with Gasteiger partial charge in [0.05, 0.1) is 0 Å². The van der Waals surface area contributed by atoms with Gasteiger partial charge in [0.15, 0.2) is 0 Å². The fourth-order valence-electron chi connectivity index (χ4n) is 2.38. The summed E-state index contributed by atoms with van der Waals surface area (Å²) in [5, 5.41) is 8.60. The van der Waals surface area contributed by atoms with E-state index in [-0.39, 0.29) is 5.82 Å². The lowest BCUT2D eigenvalue weighted by molar-refractivity contribution is -0.131. The maximum atomic E-state index is 13.6. The van der Waals surface area contributed by atoms with E-state index in [1.807, 2.05) is 6.07 Å². The van der Waals surface area contributed by atoms with Crippen LogP contribution in [0.2, 0.25) is 0 Å². The number of hydrogen-bond donors (Lipinski definition) is 1. The van der Waals surface area contributed by atoms with Gasteiger partial charge in [-0.2, -0.15) is 0 Å². The Morgan fingerprint density at radius 2 is 1.95 bits per heavy atom. The molecule has 0 aliphatic carbocycles. The summed E-state index contributed by atoms with van der Waals surface area (Å²) in [7, 11) is 0. The van der Waals surface area contributed by atoms with Gasteiger partial charge >= 0.3 is 5.97 Å². The number of nitrogens with zero attached hydrogens (tertiary/aromatic N) is 1. The minimum absolute atomic E-state index is 0.338. The number of carboxylic acid groups (broad SMARTS) is 1. The zero-order valence-corrected chi connectivity index (χ0v) is 11.1. The standard InChI is InChI=1S/C15H18FNO2/c1-10-8-17(9-11(10)2)14-6-12(3-4-15(18)19)5-13(16)7-14/h3-7,10-11H,8-9H2,1-2H3,(H,18,19)/b4-3+. The van der Waals surface area contributed by atoms with Gasteiger partial charge in [-0.25, -0.2) is 9.18 Å². The van der Waals surface area contributed by atoms with Gasteiger partial charge in [-0.15, -0.1) is 0 Å². The highest BCUT2D eigenvalue weighted by Gasteiger charge is 2.26. The molecule has 2 rings (SSSR count). The van der Waals surface area contributed by atoms with Gasteiger partial charge in [0.2, 0.25) is 0 Å². The minimum atomic E-state index is -1.03. The molecule has 4 heteroatoms. The molecule has 0 amide bonds. The fraction of sp³-hybridized carbons (Fsp3) is 0.400. The van der Waals surface area contributed by atoms with E-state index >= 15 is 0 Å². The van der Waals surface area contributed by atoms with E-state index in [4.69, 9.17) is 5.11 Å². The smallest absolute Gasteiger partial charge is 0.328 e. The van der Waals surface area contributed by atoms with Gasteiger partial charge in [0, 0.05) is 24.9 Å². The second-order valence-electron chi connectivity index (χ2n) is 5.27. The van der Waals surface area contributed by atoms with Gasteiger partial charge in [-0.05, 0) is 41.7 Å². The molecule has 1 fully saturated rings. The first kappa shape index (κ1) is 13.6. The summed E-state index contributed by atoms with van der Waals surface area (Å²) in [4.78, 5) is 12.6. The Morgan fingerprint density at radius 1 is 1.32 bits per heavy atom. The number of carbonyl (C=O) groups is 1. The van der Waals surface area contributed by atoms with Crippen LogP contribution < -0.4 is 4.90 Å². The van der Waals surface area contributed by atoms with Gasteiger partial charge in [-0.3, -0.25) is 0 Å². The summed E-state index contributed by atoms with van der Waals surface area (Å²) < 4.78 is 13.6. The third-order valence-electron chi connectivity index (χ3n) is 3.68. The molecule has 19 heavy (non-hydrogen) atoms. The first-order chi connectivity index (χ1) is 8.95. The third kappa shape index (κ3) is 3.34. The lowest BCUT2D eigenvalue weighted by Gasteiger charge is -2.19. The van der Waals surface area contributed by atoms with Crippen molar-refractivity contribution in [2.45, 2.75) is 13.8 Å². The third-order valence-corrected chi connectivity index (χ3v) is 3.68. The molecule has 1 saturated heterocycles. The lowest BCUT2D eigenvalue weighted by atomic mass is 10.0. The lowest BCUT2D eigenvalue weighted by Crippen LogP contribution is -2.19. The summed E-state index contributed by atoms with van der Waals surface area (Å²) >= 11 is 0. The van der Waals surface area contributed by atoms with E-state index in [0.29, 0.717) is 17.4 Å². The average Bonchev–Trinajstić information content (AvgIpc) is 2.66. The molecular weight excluding hydrogens is 245 g/mol. The summed E-state index contributed by atoms with van der Waals surface area (Å²) in [6.07, 6.45) is 2.44. The average molecular weight is 263 g/mol. The van der Waals surface area contributed by atoms with E-state index in [2.05, 4.69) is 18.7 Å². The highest BCUT2D eigenvalue weighted by molar-refractivity contribution is 5.85. The van der Waals surface area contributed by atoms with Crippen LogP contribution in [0.5, 0.6) is 0 Å². The summed E-state index contributed by atoms with van der Waals surface area (Å²) in [5.41, 5.74) is 1.39. The van der Waals surface area contributed by atoms with Crippen LogP contribution in [-0.4, -0.2) is 24.2 Å². The highest BCUT2D eigenvalue weighted by Crippen LogP contribution is 2.29. The predicted octanol–water partition coefficient (Wildman–Crippen LogP) is 3.02. The molecule has 0 aromatic heterocycles. The Labute approximate surface area is 112 Å². The van der Waals surface area contributed by atoms with Crippen molar-refractivity contribution in [3.63, 3.8) is 0 Å². The number of hydrogen-bond acceptors (Lipinski definition) is 2. The number of aliphatic carboxylic acids is 1. The van der Waals surface area contributed by atoms with Crippen LogP contribution in [0.3, 0.4) is 0 Å². The monoisotopic (exact) mass is 263 g/mol. The van der Waals surface area contributed by atoms with Crippen molar-refractivity contribution in [3.8, 4) is 0 Å². The second-order valence-corrected chi connectivity index (χ2v) is 5.27. The largest absolute Gasteiger partial charge is 0.478 e. The first-order valence-electron chi connectivity index (χ1n) is 6.42. The molecule has 102 valence electrons. The Bertz CT molecular complexity index is 503. The van der Waals surface area contributed by atoms with Crippen LogP contribution in [0.25, 0.3) is 6.08 Å². The number of carboxylic acids is 1. The van der Waals surface area contributed by atoms with E-state index in [0.717, 1.165) is 24.9 Å². The van der Waals surface area contributed by atoms with Crippen LogP contribution in [0.4, 0.5) is 10.1 Å². The normalized spacial score (nSPS) is 23.2. The number of anilines is 1. The van der Waals surface area contributed by atoms with E-state index < -0.39 is 5.97 Å².